The van der Waals surface area contributed by atoms with Crippen LogP contribution in [-0.4, -0.2) is 46.8 Å². The van der Waals surface area contributed by atoms with Crippen LogP contribution < -0.4 is 0 Å². The van der Waals surface area contributed by atoms with Crippen LogP contribution >= 0.6 is 0 Å². The Morgan fingerprint density at radius 1 is 1.29 bits per heavy atom. The molecule has 24 heavy (non-hydrogen) atoms. The molecule has 6 nitrogen and oxygen atoms in total. The van der Waals surface area contributed by atoms with Gasteiger partial charge < -0.3 is 4.74 Å². The Morgan fingerprint density at radius 2 is 1.96 bits per heavy atom. The van der Waals surface area contributed by atoms with Crippen LogP contribution in [0.2, 0.25) is 25.7 Å². The normalized spacial score (nSPS) is 17.4. The molecule has 0 saturated heterocycles. The summed E-state index contributed by atoms with van der Waals surface area (Å²) in [5.41, 5.74) is 0.564. The van der Waals surface area contributed by atoms with Gasteiger partial charge in [0.25, 0.3) is 10.0 Å². The van der Waals surface area contributed by atoms with Gasteiger partial charge in [-0.3, -0.25) is 9.59 Å². The highest BCUT2D eigenvalue weighted by Gasteiger charge is 2.20. The molecule has 0 saturated carbocycles. The van der Waals surface area contributed by atoms with Gasteiger partial charge in [0.05, 0.1) is 25.0 Å². The van der Waals surface area contributed by atoms with Crippen molar-refractivity contribution in [1.82, 2.24) is 0 Å². The minimum Gasteiger partial charge on any atom is -0.469 e. The zero-order valence-corrected chi connectivity index (χ0v) is 16.2. The molecule has 1 rings (SSSR count). The summed E-state index contributed by atoms with van der Waals surface area (Å²) in [6.07, 6.45) is 6.98. The van der Waals surface area contributed by atoms with Crippen molar-refractivity contribution in [3.63, 3.8) is 0 Å². The minimum atomic E-state index is -3.62. The molecule has 0 fully saturated rings. The van der Waals surface area contributed by atoms with Crippen molar-refractivity contribution < 1.29 is 22.7 Å². The third kappa shape index (κ3) is 7.65. The summed E-state index contributed by atoms with van der Waals surface area (Å²) in [6.45, 7) is 6.28. The molecule has 1 aliphatic rings. The molecular weight excluding hydrogens is 346 g/mol. The molecule has 0 aromatic rings. The summed E-state index contributed by atoms with van der Waals surface area (Å²) < 4.78 is 32.7. The lowest BCUT2D eigenvalue weighted by molar-refractivity contribution is -0.139. The molecule has 8 heteroatoms. The van der Waals surface area contributed by atoms with Crippen LogP contribution in [0.5, 0.6) is 0 Å². The number of carbonyl (C=O) groups excluding carboxylic acids is 2. The van der Waals surface area contributed by atoms with Crippen molar-refractivity contribution in [2.75, 3.05) is 12.9 Å². The van der Waals surface area contributed by atoms with E-state index in [9.17, 15) is 18.0 Å². The fourth-order valence-corrected chi connectivity index (χ4v) is 5.78. The number of hydrogen-bond donors (Lipinski definition) is 0. The molecule has 0 atom stereocenters. The van der Waals surface area contributed by atoms with Gasteiger partial charge in [-0.1, -0.05) is 31.8 Å². The molecule has 0 N–H and O–H groups in total. The lowest BCUT2D eigenvalue weighted by Crippen LogP contribution is -2.23. The van der Waals surface area contributed by atoms with Gasteiger partial charge in [0.15, 0.2) is 5.78 Å². The van der Waals surface area contributed by atoms with Crippen LogP contribution in [0.25, 0.3) is 0 Å². The highest BCUT2D eigenvalue weighted by molar-refractivity contribution is 7.90. The fourth-order valence-electron chi connectivity index (χ4n) is 1.75. The van der Waals surface area contributed by atoms with Crippen LogP contribution in [0.3, 0.4) is 0 Å². The van der Waals surface area contributed by atoms with E-state index in [4.69, 9.17) is 0 Å². The van der Waals surface area contributed by atoms with Crippen molar-refractivity contribution in [3.05, 3.63) is 36.0 Å². The first kappa shape index (κ1) is 20.2. The van der Waals surface area contributed by atoms with Gasteiger partial charge in [-0.2, -0.15) is 4.40 Å². The van der Waals surface area contributed by atoms with E-state index < -0.39 is 24.1 Å². The number of sulfonamides is 1. The van der Waals surface area contributed by atoms with E-state index in [1.807, 2.05) is 0 Å². The molecule has 0 spiro atoms. The van der Waals surface area contributed by atoms with Crippen LogP contribution in [0, 0.1) is 0 Å². The summed E-state index contributed by atoms with van der Waals surface area (Å²) in [5, 5.41) is 0. The number of hydrogen-bond acceptors (Lipinski definition) is 5. The number of methoxy groups -OCH3 is 1. The largest absolute Gasteiger partial charge is 0.469 e. The Balaban J connectivity index is 2.97. The van der Waals surface area contributed by atoms with E-state index in [0.29, 0.717) is 11.6 Å². The summed E-state index contributed by atoms with van der Waals surface area (Å²) in [7, 11) is -3.84. The van der Waals surface area contributed by atoms with Gasteiger partial charge in [-0.25, -0.2) is 8.42 Å². The summed E-state index contributed by atoms with van der Waals surface area (Å²) in [6, 6.07) is 0.617. The highest BCUT2D eigenvalue weighted by atomic mass is 32.2. The number of ketones is 1. The maximum atomic E-state index is 12.2. The van der Waals surface area contributed by atoms with Crippen LogP contribution in [0.4, 0.5) is 0 Å². The molecular formula is C16H23NO5SSi. The molecule has 0 unspecified atom stereocenters. The zero-order valence-electron chi connectivity index (χ0n) is 14.4. The maximum Gasteiger partial charge on any atom is 0.309 e. The number of ether oxygens (including phenoxy) is 1. The number of esters is 1. The monoisotopic (exact) mass is 369 g/mol. The standard InChI is InChI=1S/C16H23NO5SSi/c1-22-16(19)7-5-6-13-12-14(18)8-9-15(13)17-23(20,21)10-11-24(2,3)4/h5-6,8-9,12H,7,10-11H2,1-4H3/b6-5+,17-15+. The number of rotatable bonds is 7. The fraction of sp³-hybridized carbons (Fsp3) is 0.438. The molecule has 0 radical (unpaired) electrons. The topological polar surface area (TPSA) is 89.9 Å². The van der Waals surface area contributed by atoms with E-state index in [1.165, 1.54) is 37.5 Å². The Hall–Kier alpha value is -1.80. The smallest absolute Gasteiger partial charge is 0.309 e. The second-order valence-electron chi connectivity index (χ2n) is 6.59. The predicted molar refractivity (Wildman–Crippen MR) is 97.4 cm³/mol. The average molecular weight is 370 g/mol. The molecule has 0 aromatic heterocycles. The maximum absolute atomic E-state index is 12.2. The third-order valence-electron chi connectivity index (χ3n) is 3.16. The average Bonchev–Trinajstić information content (AvgIpc) is 2.47. The van der Waals surface area contributed by atoms with Crippen molar-refractivity contribution in [2.45, 2.75) is 32.1 Å². The molecule has 0 heterocycles. The lowest BCUT2D eigenvalue weighted by atomic mass is 10.0. The van der Waals surface area contributed by atoms with E-state index in [1.54, 1.807) is 0 Å². The Labute approximate surface area is 144 Å². The minimum absolute atomic E-state index is 0.00678. The van der Waals surface area contributed by atoms with E-state index in [2.05, 4.69) is 28.8 Å². The summed E-state index contributed by atoms with van der Waals surface area (Å²) in [4.78, 5) is 22.6. The second kappa shape index (κ2) is 8.34. The van der Waals surface area contributed by atoms with E-state index >= 15 is 0 Å². The highest BCUT2D eigenvalue weighted by Crippen LogP contribution is 2.15. The summed E-state index contributed by atoms with van der Waals surface area (Å²) in [5.74, 6) is -0.690. The van der Waals surface area contributed by atoms with Crippen molar-refractivity contribution >= 4 is 35.6 Å². The van der Waals surface area contributed by atoms with Crippen molar-refractivity contribution in [2.24, 2.45) is 4.40 Å². The first-order chi connectivity index (χ1) is 11.0. The van der Waals surface area contributed by atoms with E-state index in [-0.39, 0.29) is 23.7 Å². The van der Waals surface area contributed by atoms with Gasteiger partial charge in [0.2, 0.25) is 0 Å². The Bertz CT molecular complexity index is 724. The molecule has 0 amide bonds. The Kier molecular flexibility index (Phi) is 7.03. The van der Waals surface area contributed by atoms with Gasteiger partial charge in [-0.15, -0.1) is 0 Å². The summed E-state index contributed by atoms with van der Waals surface area (Å²) >= 11 is 0. The van der Waals surface area contributed by atoms with Gasteiger partial charge in [0, 0.05) is 13.6 Å². The third-order valence-corrected chi connectivity index (χ3v) is 6.46. The SMILES string of the molecule is COC(=O)C/C=C/C1=CC(=O)C=C/C1=N\S(=O)(=O)CC[Si](C)(C)C. The van der Waals surface area contributed by atoms with Gasteiger partial charge in [0.1, 0.15) is 0 Å². The van der Waals surface area contributed by atoms with Gasteiger partial charge >= 0.3 is 5.97 Å². The zero-order chi connectivity index (χ0) is 18.4. The van der Waals surface area contributed by atoms with Crippen LogP contribution in [0.1, 0.15) is 6.42 Å². The number of carbonyl (C=O) groups is 2. The molecule has 0 bridgehead atoms. The molecule has 132 valence electrons. The second-order valence-corrected chi connectivity index (χ2v) is 14.0. The molecule has 0 aromatic carbocycles. The molecule has 1 aliphatic carbocycles. The predicted octanol–water partition coefficient (Wildman–Crippen LogP) is 2.28. The first-order valence-electron chi connectivity index (χ1n) is 7.52. The first-order valence-corrected chi connectivity index (χ1v) is 12.8. The van der Waals surface area contributed by atoms with E-state index in [0.717, 1.165) is 0 Å². The van der Waals surface area contributed by atoms with Gasteiger partial charge in [-0.05, 0) is 24.3 Å². The number of nitrogens with zero attached hydrogens (tertiary/aromatic N) is 1. The van der Waals surface area contributed by atoms with Crippen molar-refractivity contribution in [3.8, 4) is 0 Å². The quantitative estimate of drug-likeness (QED) is 0.390. The van der Waals surface area contributed by atoms with Crippen LogP contribution in [-0.2, 0) is 24.3 Å². The van der Waals surface area contributed by atoms with Crippen LogP contribution in [0.15, 0.2) is 40.4 Å². The number of allylic oxidation sites excluding steroid dienone is 5. The van der Waals surface area contributed by atoms with Crippen molar-refractivity contribution in [1.29, 1.82) is 0 Å². The Morgan fingerprint density at radius 3 is 2.54 bits per heavy atom. The molecule has 0 aliphatic heterocycles. The lowest BCUT2D eigenvalue weighted by Gasteiger charge is -2.14.